The number of hydrogen-bond acceptors (Lipinski definition) is 3. The van der Waals surface area contributed by atoms with E-state index in [0.717, 1.165) is 6.08 Å². The van der Waals surface area contributed by atoms with Gasteiger partial charge in [-0.25, -0.2) is 0 Å². The maximum absolute atomic E-state index is 12.6. The molecule has 1 aliphatic heterocycles. The van der Waals surface area contributed by atoms with Crippen LogP contribution in [0, 0.1) is 0 Å². The molecule has 2 amide bonds. The molecule has 0 atom stereocenters. The lowest BCUT2D eigenvalue weighted by atomic mass is 10.0. The first-order valence-corrected chi connectivity index (χ1v) is 7.83. The van der Waals surface area contributed by atoms with E-state index in [1.54, 1.807) is 30.3 Å². The van der Waals surface area contributed by atoms with Crippen molar-refractivity contribution in [3.63, 3.8) is 0 Å². The van der Waals surface area contributed by atoms with Crippen molar-refractivity contribution in [3.05, 3.63) is 48.6 Å². The van der Waals surface area contributed by atoms with Gasteiger partial charge in [0.25, 0.3) is 5.91 Å². The Hall–Kier alpha value is -2.87. The minimum absolute atomic E-state index is 0.0374. The van der Waals surface area contributed by atoms with Crippen molar-refractivity contribution in [2.45, 2.75) is 12.8 Å². The number of carbonyl (C=O) groups excluding carboxylic acids is 2. The molecule has 8 heteroatoms. The molecule has 0 aromatic heterocycles. The van der Waals surface area contributed by atoms with Crippen molar-refractivity contribution in [2.24, 2.45) is 0 Å². The Morgan fingerprint density at radius 3 is 2.73 bits per heavy atom. The second kappa shape index (κ2) is 6.80. The zero-order valence-electron chi connectivity index (χ0n) is 13.6. The number of halogens is 3. The topological polar surface area (TPSA) is 58.6 Å². The van der Waals surface area contributed by atoms with Gasteiger partial charge in [0.05, 0.1) is 12.3 Å². The average molecular weight is 364 g/mol. The summed E-state index contributed by atoms with van der Waals surface area (Å²) in [6.45, 7) is 2.97. The van der Waals surface area contributed by atoms with Crippen LogP contribution in [0.5, 0.6) is 0 Å². The van der Waals surface area contributed by atoms with E-state index in [4.69, 9.17) is 0 Å². The largest absolute Gasteiger partial charge is 0.522 e. The Bertz CT molecular complexity index is 893. The van der Waals surface area contributed by atoms with Crippen LogP contribution >= 0.6 is 0 Å². The molecule has 0 saturated carbocycles. The van der Waals surface area contributed by atoms with Gasteiger partial charge in [-0.2, -0.15) is 0 Å². The van der Waals surface area contributed by atoms with E-state index in [0.29, 0.717) is 27.7 Å². The minimum Gasteiger partial charge on any atom is -0.322 e. The van der Waals surface area contributed by atoms with E-state index in [-0.39, 0.29) is 24.8 Å². The van der Waals surface area contributed by atoms with Crippen LogP contribution in [0.25, 0.3) is 10.8 Å². The highest BCUT2D eigenvalue weighted by molar-refractivity contribution is 6.27. The molecule has 0 bridgehead atoms. The number of benzene rings is 2. The van der Waals surface area contributed by atoms with Crippen LogP contribution in [0.1, 0.15) is 16.8 Å². The van der Waals surface area contributed by atoms with Crippen LogP contribution in [-0.2, 0) is 9.53 Å². The quantitative estimate of drug-likeness (QED) is 0.626. The van der Waals surface area contributed by atoms with E-state index in [9.17, 15) is 22.8 Å². The molecule has 1 heterocycles. The van der Waals surface area contributed by atoms with Gasteiger partial charge in [-0.3, -0.25) is 14.3 Å². The van der Waals surface area contributed by atoms with Crippen LogP contribution < -0.4 is 10.2 Å². The van der Waals surface area contributed by atoms with Gasteiger partial charge >= 0.3 is 6.36 Å². The standard InChI is InChI=1S/C18H15F3N2O3/c1-2-15(24)22-13-7-8-14-16-11(13)5-3-6-12(16)17(25)23(14)9-4-10-26-18(19,20)21/h2-3,5-8H,1,4,9-10H2,(H,22,24). The fourth-order valence-corrected chi connectivity index (χ4v) is 2.97. The lowest BCUT2D eigenvalue weighted by Gasteiger charge is -2.18. The highest BCUT2D eigenvalue weighted by Gasteiger charge is 2.31. The number of nitrogens with zero attached hydrogens (tertiary/aromatic N) is 1. The molecule has 1 N–H and O–H groups in total. The van der Waals surface area contributed by atoms with Crippen molar-refractivity contribution in [3.8, 4) is 0 Å². The van der Waals surface area contributed by atoms with Crippen LogP contribution in [0.15, 0.2) is 43.0 Å². The van der Waals surface area contributed by atoms with Gasteiger partial charge < -0.3 is 10.2 Å². The van der Waals surface area contributed by atoms with Gasteiger partial charge in [-0.15, -0.1) is 13.2 Å². The maximum atomic E-state index is 12.6. The first kappa shape index (κ1) is 17.9. The molecule has 136 valence electrons. The van der Waals surface area contributed by atoms with E-state index >= 15 is 0 Å². The molecule has 0 unspecified atom stereocenters. The smallest absolute Gasteiger partial charge is 0.322 e. The zero-order valence-corrected chi connectivity index (χ0v) is 13.6. The number of anilines is 2. The van der Waals surface area contributed by atoms with Crippen LogP contribution in [0.4, 0.5) is 24.5 Å². The summed E-state index contributed by atoms with van der Waals surface area (Å²) < 4.78 is 40.0. The van der Waals surface area contributed by atoms with Crippen molar-refractivity contribution in [1.29, 1.82) is 0 Å². The Morgan fingerprint density at radius 1 is 1.27 bits per heavy atom. The number of amides is 2. The normalized spacial score (nSPS) is 13.3. The maximum Gasteiger partial charge on any atom is 0.522 e. The molecular weight excluding hydrogens is 349 g/mol. The van der Waals surface area contributed by atoms with Crippen LogP contribution in [-0.4, -0.2) is 31.3 Å². The third-order valence-corrected chi connectivity index (χ3v) is 4.02. The van der Waals surface area contributed by atoms with E-state index in [1.165, 1.54) is 4.90 Å². The van der Waals surface area contributed by atoms with Crippen molar-refractivity contribution in [1.82, 2.24) is 0 Å². The number of alkyl halides is 3. The highest BCUT2D eigenvalue weighted by Crippen LogP contribution is 2.40. The third kappa shape index (κ3) is 3.41. The number of ether oxygens (including phenoxy) is 1. The molecule has 26 heavy (non-hydrogen) atoms. The summed E-state index contributed by atoms with van der Waals surface area (Å²) in [5.74, 6) is -0.666. The molecule has 0 radical (unpaired) electrons. The molecular formula is C18H15F3N2O3. The molecule has 3 rings (SSSR count). The average Bonchev–Trinajstić information content (AvgIpc) is 2.87. The summed E-state index contributed by atoms with van der Waals surface area (Å²) in [4.78, 5) is 25.6. The predicted molar refractivity (Wildman–Crippen MR) is 91.1 cm³/mol. The van der Waals surface area contributed by atoms with Crippen LogP contribution in [0.2, 0.25) is 0 Å². The summed E-state index contributed by atoms with van der Waals surface area (Å²) >= 11 is 0. The molecule has 0 saturated heterocycles. The summed E-state index contributed by atoms with van der Waals surface area (Å²) in [5.41, 5.74) is 1.58. The van der Waals surface area contributed by atoms with Crippen LogP contribution in [0.3, 0.4) is 0 Å². The Balaban J connectivity index is 1.87. The lowest BCUT2D eigenvalue weighted by molar-refractivity contribution is -0.324. The first-order chi connectivity index (χ1) is 12.3. The predicted octanol–water partition coefficient (Wildman–Crippen LogP) is 3.85. The monoisotopic (exact) mass is 364 g/mol. The second-order valence-corrected chi connectivity index (χ2v) is 5.66. The minimum atomic E-state index is -4.68. The molecule has 0 spiro atoms. The fraction of sp³-hybridized carbons (Fsp3) is 0.222. The van der Waals surface area contributed by atoms with Crippen molar-refractivity contribution < 1.29 is 27.5 Å². The van der Waals surface area contributed by atoms with E-state index < -0.39 is 13.0 Å². The Labute approximate surface area is 147 Å². The van der Waals surface area contributed by atoms with E-state index in [1.807, 2.05) is 0 Å². The lowest BCUT2D eigenvalue weighted by Crippen LogP contribution is -2.29. The summed E-state index contributed by atoms with van der Waals surface area (Å²) in [6.07, 6.45) is -3.51. The fourth-order valence-electron chi connectivity index (χ4n) is 2.97. The van der Waals surface area contributed by atoms with Crippen molar-refractivity contribution >= 4 is 34.0 Å². The van der Waals surface area contributed by atoms with Gasteiger partial charge in [-0.1, -0.05) is 18.7 Å². The summed E-state index contributed by atoms with van der Waals surface area (Å²) in [7, 11) is 0. The molecule has 0 aliphatic carbocycles. The molecule has 5 nitrogen and oxygen atoms in total. The number of carbonyl (C=O) groups is 2. The van der Waals surface area contributed by atoms with Gasteiger partial charge in [0.15, 0.2) is 0 Å². The molecule has 0 fully saturated rings. The Kier molecular flexibility index (Phi) is 4.69. The van der Waals surface area contributed by atoms with Gasteiger partial charge in [0.1, 0.15) is 0 Å². The zero-order chi connectivity index (χ0) is 18.9. The first-order valence-electron chi connectivity index (χ1n) is 7.83. The van der Waals surface area contributed by atoms with Gasteiger partial charge in [0, 0.05) is 28.6 Å². The number of nitrogens with one attached hydrogen (secondary N) is 1. The molecule has 2 aromatic rings. The molecule has 1 aliphatic rings. The second-order valence-electron chi connectivity index (χ2n) is 5.66. The van der Waals surface area contributed by atoms with Crippen molar-refractivity contribution in [2.75, 3.05) is 23.4 Å². The number of hydrogen-bond donors (Lipinski definition) is 1. The SMILES string of the molecule is C=CC(=O)Nc1ccc2c3c(cccc13)C(=O)N2CCCOC(F)(F)F. The number of rotatable bonds is 6. The summed E-state index contributed by atoms with van der Waals surface area (Å²) in [6, 6.07) is 8.43. The summed E-state index contributed by atoms with van der Waals surface area (Å²) in [5, 5.41) is 4.02. The van der Waals surface area contributed by atoms with E-state index in [2.05, 4.69) is 16.6 Å². The molecule has 2 aromatic carbocycles. The third-order valence-electron chi connectivity index (χ3n) is 4.02. The van der Waals surface area contributed by atoms with Gasteiger partial charge in [-0.05, 0) is 30.7 Å². The Morgan fingerprint density at radius 2 is 2.04 bits per heavy atom. The highest BCUT2D eigenvalue weighted by atomic mass is 19.4. The van der Waals surface area contributed by atoms with Gasteiger partial charge in [0.2, 0.25) is 5.91 Å².